The van der Waals surface area contributed by atoms with Gasteiger partial charge in [-0.1, -0.05) is 61.5 Å². The topological polar surface area (TPSA) is 29.5 Å². The van der Waals surface area contributed by atoms with E-state index in [1.54, 1.807) is 24.3 Å². The summed E-state index contributed by atoms with van der Waals surface area (Å²) >= 11 is 0. The van der Waals surface area contributed by atoms with Crippen LogP contribution < -0.4 is 4.74 Å². The SMILES string of the molecule is CC/C(=C(/c1ccc(O)cc1)c1ccc(OCc2ccccc2)cc1)c1cc(F)cc(F)c1. The third-order valence-electron chi connectivity index (χ3n) is 5.41. The molecule has 4 heteroatoms. The maximum atomic E-state index is 14.0. The van der Waals surface area contributed by atoms with Crippen molar-refractivity contribution in [1.29, 1.82) is 0 Å². The molecule has 0 saturated heterocycles. The molecule has 0 fully saturated rings. The number of halogens is 2. The predicted molar refractivity (Wildman–Crippen MR) is 128 cm³/mol. The van der Waals surface area contributed by atoms with E-state index >= 15 is 0 Å². The summed E-state index contributed by atoms with van der Waals surface area (Å²) in [5.41, 5.74) is 4.94. The molecule has 4 aromatic rings. The van der Waals surface area contributed by atoms with Gasteiger partial charge in [-0.2, -0.15) is 0 Å². The molecule has 4 rings (SSSR count). The van der Waals surface area contributed by atoms with Gasteiger partial charge in [0.2, 0.25) is 0 Å². The number of ether oxygens (including phenoxy) is 1. The second-order valence-electron chi connectivity index (χ2n) is 7.71. The first kappa shape index (κ1) is 22.3. The Labute approximate surface area is 192 Å². The lowest BCUT2D eigenvalue weighted by Crippen LogP contribution is -1.98. The maximum absolute atomic E-state index is 14.0. The van der Waals surface area contributed by atoms with Crippen molar-refractivity contribution in [1.82, 2.24) is 0 Å². The molecule has 0 radical (unpaired) electrons. The first-order valence-electron chi connectivity index (χ1n) is 10.8. The summed E-state index contributed by atoms with van der Waals surface area (Å²) < 4.78 is 33.9. The number of allylic oxidation sites excluding steroid dienone is 1. The molecule has 0 atom stereocenters. The first-order chi connectivity index (χ1) is 16.0. The van der Waals surface area contributed by atoms with Crippen LogP contribution in [0.4, 0.5) is 8.78 Å². The standard InChI is InChI=1S/C29H24F2O2/c1-2-28(23-16-24(30)18-25(31)17-23)29(21-8-12-26(32)13-9-21)22-10-14-27(15-11-22)33-19-20-6-4-3-5-7-20/h3-18,32H,2,19H2,1H3/b29-28+. The van der Waals surface area contributed by atoms with Gasteiger partial charge in [0, 0.05) is 6.07 Å². The zero-order valence-electron chi connectivity index (χ0n) is 18.3. The summed E-state index contributed by atoms with van der Waals surface area (Å²) in [5, 5.41) is 9.75. The Morgan fingerprint density at radius 2 is 1.30 bits per heavy atom. The van der Waals surface area contributed by atoms with E-state index in [1.807, 2.05) is 61.5 Å². The van der Waals surface area contributed by atoms with Crippen LogP contribution in [0.2, 0.25) is 0 Å². The van der Waals surface area contributed by atoms with E-state index in [9.17, 15) is 13.9 Å². The molecular formula is C29H24F2O2. The first-order valence-corrected chi connectivity index (χ1v) is 10.8. The van der Waals surface area contributed by atoms with Gasteiger partial charge >= 0.3 is 0 Å². The van der Waals surface area contributed by atoms with E-state index in [-0.39, 0.29) is 5.75 Å². The van der Waals surface area contributed by atoms with Gasteiger partial charge in [0.25, 0.3) is 0 Å². The quantitative estimate of drug-likeness (QED) is 0.298. The predicted octanol–water partition coefficient (Wildman–Crippen LogP) is 7.62. The fourth-order valence-corrected chi connectivity index (χ4v) is 3.86. The van der Waals surface area contributed by atoms with Crippen LogP contribution in [0.5, 0.6) is 11.5 Å². The van der Waals surface area contributed by atoms with E-state index in [0.717, 1.165) is 39.7 Å². The third kappa shape index (κ3) is 5.47. The monoisotopic (exact) mass is 442 g/mol. The van der Waals surface area contributed by atoms with E-state index in [1.165, 1.54) is 12.1 Å². The van der Waals surface area contributed by atoms with Crippen molar-refractivity contribution in [3.05, 3.63) is 131 Å². The highest BCUT2D eigenvalue weighted by molar-refractivity contribution is 5.98. The Hall–Kier alpha value is -3.92. The average molecular weight is 443 g/mol. The van der Waals surface area contributed by atoms with Crippen molar-refractivity contribution in [2.24, 2.45) is 0 Å². The summed E-state index contributed by atoms with van der Waals surface area (Å²) in [5.74, 6) is -0.364. The van der Waals surface area contributed by atoms with Gasteiger partial charge in [-0.15, -0.1) is 0 Å². The van der Waals surface area contributed by atoms with Crippen molar-refractivity contribution in [3.8, 4) is 11.5 Å². The lowest BCUT2D eigenvalue weighted by Gasteiger charge is -2.17. The number of benzene rings is 4. The summed E-state index contributed by atoms with van der Waals surface area (Å²) in [6.07, 6.45) is 0.561. The van der Waals surface area contributed by atoms with Gasteiger partial charge in [-0.05, 0) is 76.2 Å². The van der Waals surface area contributed by atoms with Crippen molar-refractivity contribution >= 4 is 11.1 Å². The van der Waals surface area contributed by atoms with E-state index < -0.39 is 11.6 Å². The zero-order chi connectivity index (χ0) is 23.2. The minimum Gasteiger partial charge on any atom is -0.508 e. The molecule has 0 aliphatic carbocycles. The summed E-state index contributed by atoms with van der Waals surface area (Å²) in [6, 6.07) is 27.9. The largest absolute Gasteiger partial charge is 0.508 e. The van der Waals surface area contributed by atoms with Crippen LogP contribution >= 0.6 is 0 Å². The van der Waals surface area contributed by atoms with Gasteiger partial charge in [0.15, 0.2) is 0 Å². The molecule has 0 amide bonds. The Morgan fingerprint density at radius 1 is 0.727 bits per heavy atom. The van der Waals surface area contributed by atoms with Crippen LogP contribution in [-0.4, -0.2) is 5.11 Å². The van der Waals surface area contributed by atoms with Crippen molar-refractivity contribution in [2.45, 2.75) is 20.0 Å². The van der Waals surface area contributed by atoms with E-state index in [2.05, 4.69) is 0 Å². The zero-order valence-corrected chi connectivity index (χ0v) is 18.3. The molecule has 0 aliphatic heterocycles. The molecule has 0 aromatic heterocycles. The van der Waals surface area contributed by atoms with Gasteiger partial charge in [0.05, 0.1) is 0 Å². The van der Waals surface area contributed by atoms with Gasteiger partial charge in [-0.25, -0.2) is 8.78 Å². The number of rotatable bonds is 7. The second-order valence-corrected chi connectivity index (χ2v) is 7.71. The lowest BCUT2D eigenvalue weighted by atomic mass is 9.88. The summed E-state index contributed by atoms with van der Waals surface area (Å²) in [7, 11) is 0. The van der Waals surface area contributed by atoms with Crippen LogP contribution in [-0.2, 0) is 6.61 Å². The highest BCUT2D eigenvalue weighted by Crippen LogP contribution is 2.36. The Morgan fingerprint density at radius 3 is 1.88 bits per heavy atom. The summed E-state index contributed by atoms with van der Waals surface area (Å²) in [6.45, 7) is 2.42. The van der Waals surface area contributed by atoms with Crippen LogP contribution in [0.15, 0.2) is 97.1 Å². The van der Waals surface area contributed by atoms with Crippen molar-refractivity contribution in [3.63, 3.8) is 0 Å². The molecule has 33 heavy (non-hydrogen) atoms. The van der Waals surface area contributed by atoms with Crippen LogP contribution in [0.25, 0.3) is 11.1 Å². The number of phenols is 1. The molecule has 2 nitrogen and oxygen atoms in total. The minimum absolute atomic E-state index is 0.151. The fraction of sp³-hybridized carbons (Fsp3) is 0.103. The van der Waals surface area contributed by atoms with Gasteiger partial charge < -0.3 is 9.84 Å². The van der Waals surface area contributed by atoms with Crippen molar-refractivity contribution < 1.29 is 18.6 Å². The minimum atomic E-state index is -0.620. The Bertz CT molecular complexity index is 1230. The second kappa shape index (κ2) is 10.1. The smallest absolute Gasteiger partial charge is 0.126 e. The summed E-state index contributed by atoms with van der Waals surface area (Å²) in [4.78, 5) is 0. The van der Waals surface area contributed by atoms with Gasteiger partial charge in [0.1, 0.15) is 29.7 Å². The molecule has 1 N–H and O–H groups in total. The molecule has 0 saturated carbocycles. The molecule has 166 valence electrons. The Kier molecular flexibility index (Phi) is 6.84. The Balaban J connectivity index is 1.74. The molecule has 0 heterocycles. The molecule has 4 aromatic carbocycles. The normalized spacial score (nSPS) is 11.7. The highest BCUT2D eigenvalue weighted by atomic mass is 19.1. The van der Waals surface area contributed by atoms with E-state index in [0.29, 0.717) is 18.6 Å². The van der Waals surface area contributed by atoms with Crippen LogP contribution in [0, 0.1) is 11.6 Å². The highest BCUT2D eigenvalue weighted by Gasteiger charge is 2.15. The van der Waals surface area contributed by atoms with E-state index in [4.69, 9.17) is 4.74 Å². The number of hydrogen-bond donors (Lipinski definition) is 1. The molecule has 0 aliphatic rings. The fourth-order valence-electron chi connectivity index (χ4n) is 3.86. The average Bonchev–Trinajstić information content (AvgIpc) is 2.82. The lowest BCUT2D eigenvalue weighted by molar-refractivity contribution is 0.306. The molecule has 0 spiro atoms. The number of phenolic OH excluding ortho intramolecular Hbond substituents is 1. The third-order valence-corrected chi connectivity index (χ3v) is 5.41. The maximum Gasteiger partial charge on any atom is 0.126 e. The number of hydrogen-bond acceptors (Lipinski definition) is 2. The van der Waals surface area contributed by atoms with Crippen molar-refractivity contribution in [2.75, 3.05) is 0 Å². The molecular weight excluding hydrogens is 418 g/mol. The van der Waals surface area contributed by atoms with Crippen LogP contribution in [0.3, 0.4) is 0 Å². The molecule has 0 unspecified atom stereocenters. The van der Waals surface area contributed by atoms with Gasteiger partial charge in [-0.3, -0.25) is 0 Å². The molecule has 0 bridgehead atoms. The number of aromatic hydroxyl groups is 1. The van der Waals surface area contributed by atoms with Crippen LogP contribution in [0.1, 0.15) is 35.6 Å².